The second-order valence-corrected chi connectivity index (χ2v) is 6.49. The Kier molecular flexibility index (Phi) is 9.23. The van der Waals surface area contributed by atoms with Gasteiger partial charge in [-0.2, -0.15) is 0 Å². The number of ketones is 1. The molecule has 8 heteroatoms. The highest BCUT2D eigenvalue weighted by Crippen LogP contribution is 2.41. The Balaban J connectivity index is 2.24. The van der Waals surface area contributed by atoms with Crippen molar-refractivity contribution < 1.29 is 38.3 Å². The molecule has 0 radical (unpaired) electrons. The summed E-state index contributed by atoms with van der Waals surface area (Å²) in [5.74, 6) is 2.06. The van der Waals surface area contributed by atoms with Crippen molar-refractivity contribution in [3.05, 3.63) is 59.4 Å². The van der Waals surface area contributed by atoms with Crippen molar-refractivity contribution in [2.24, 2.45) is 0 Å². The zero-order chi connectivity index (χ0) is 24.4. The summed E-state index contributed by atoms with van der Waals surface area (Å²) < 4.78 is 32.0. The minimum absolute atomic E-state index is 0.235. The minimum Gasteiger partial charge on any atom is -0.508 e. The van der Waals surface area contributed by atoms with Crippen molar-refractivity contribution in [2.75, 3.05) is 42.7 Å². The van der Waals surface area contributed by atoms with E-state index in [-0.39, 0.29) is 5.76 Å². The first-order valence-electron chi connectivity index (χ1n) is 9.82. The molecule has 0 atom stereocenters. The molecule has 0 aliphatic heterocycles. The molecule has 0 aliphatic rings. The lowest BCUT2D eigenvalue weighted by atomic mass is 10.1. The van der Waals surface area contributed by atoms with Crippen LogP contribution < -0.4 is 28.4 Å². The highest BCUT2D eigenvalue weighted by molar-refractivity contribution is 6.02. The fourth-order valence-electron chi connectivity index (χ4n) is 3.10. The number of methoxy groups -OCH3 is 6. The third-order valence-corrected chi connectivity index (χ3v) is 4.62. The number of hydrogen-bond acceptors (Lipinski definition) is 8. The van der Waals surface area contributed by atoms with Crippen LogP contribution in [0.5, 0.6) is 34.5 Å². The lowest BCUT2D eigenvalue weighted by Crippen LogP contribution is -1.97. The van der Waals surface area contributed by atoms with Gasteiger partial charge >= 0.3 is 0 Å². The Morgan fingerprint density at radius 2 is 1.06 bits per heavy atom. The van der Waals surface area contributed by atoms with Crippen LogP contribution in [0.2, 0.25) is 0 Å². The van der Waals surface area contributed by atoms with Crippen molar-refractivity contribution in [3.8, 4) is 34.5 Å². The van der Waals surface area contributed by atoms with Crippen LogP contribution in [0.25, 0.3) is 12.2 Å². The van der Waals surface area contributed by atoms with Crippen molar-refractivity contribution >= 4 is 17.9 Å². The van der Waals surface area contributed by atoms with Crippen LogP contribution in [0.4, 0.5) is 0 Å². The molecule has 8 nitrogen and oxygen atoms in total. The zero-order valence-corrected chi connectivity index (χ0v) is 19.5. The Morgan fingerprint density at radius 3 is 1.45 bits per heavy atom. The van der Waals surface area contributed by atoms with Gasteiger partial charge in [-0.05, 0) is 48.6 Å². The summed E-state index contributed by atoms with van der Waals surface area (Å²) in [4.78, 5) is 12.3. The first-order chi connectivity index (χ1) is 15.9. The lowest BCUT2D eigenvalue weighted by Gasteiger charge is -2.14. The van der Waals surface area contributed by atoms with Gasteiger partial charge in [-0.1, -0.05) is 0 Å². The number of rotatable bonds is 11. The molecule has 0 fully saturated rings. The van der Waals surface area contributed by atoms with E-state index in [2.05, 4.69) is 0 Å². The number of aliphatic hydroxyl groups excluding tert-OH is 1. The molecule has 0 amide bonds. The molecule has 0 unspecified atom stereocenters. The molecule has 0 saturated heterocycles. The van der Waals surface area contributed by atoms with Crippen LogP contribution >= 0.6 is 0 Å². The monoisotopic (exact) mass is 456 g/mol. The summed E-state index contributed by atoms with van der Waals surface area (Å²) in [6, 6.07) is 6.90. The summed E-state index contributed by atoms with van der Waals surface area (Å²) in [5.41, 5.74) is 1.25. The molecule has 2 rings (SSSR count). The number of carbonyl (C=O) groups excluding carboxylic acids is 1. The summed E-state index contributed by atoms with van der Waals surface area (Å²) in [6.45, 7) is 0. The van der Waals surface area contributed by atoms with E-state index in [1.54, 1.807) is 36.4 Å². The average Bonchev–Trinajstić information content (AvgIpc) is 2.84. The number of benzene rings is 2. The lowest BCUT2D eigenvalue weighted by molar-refractivity contribution is -0.110. The first kappa shape index (κ1) is 25.2. The second-order valence-electron chi connectivity index (χ2n) is 6.49. The molecule has 176 valence electrons. The van der Waals surface area contributed by atoms with E-state index in [1.165, 1.54) is 54.8 Å². The first-order valence-corrected chi connectivity index (χ1v) is 9.82. The SMILES string of the molecule is COc1ccc(/C=C/C(=O)/C=C(O)\C=C\c2ccc(OC)c(OC)c2OC)c(OC)c1OC. The third kappa shape index (κ3) is 6.00. The summed E-state index contributed by atoms with van der Waals surface area (Å²) in [7, 11) is 9.05. The maximum absolute atomic E-state index is 12.3. The van der Waals surface area contributed by atoms with E-state index in [0.717, 1.165) is 6.08 Å². The number of hydrogen-bond donors (Lipinski definition) is 1. The number of allylic oxidation sites excluding steroid dienone is 3. The van der Waals surface area contributed by atoms with Crippen molar-refractivity contribution in [3.63, 3.8) is 0 Å². The normalized spacial score (nSPS) is 11.5. The molecule has 0 bridgehead atoms. The summed E-state index contributed by atoms with van der Waals surface area (Å²) >= 11 is 0. The van der Waals surface area contributed by atoms with Gasteiger partial charge in [-0.3, -0.25) is 4.79 Å². The molecule has 0 spiro atoms. The van der Waals surface area contributed by atoms with Crippen LogP contribution in [-0.2, 0) is 4.79 Å². The molecular formula is C25H28O8. The molecule has 0 saturated carbocycles. The topological polar surface area (TPSA) is 92.7 Å². The van der Waals surface area contributed by atoms with Gasteiger partial charge < -0.3 is 33.5 Å². The van der Waals surface area contributed by atoms with Crippen molar-refractivity contribution in [1.82, 2.24) is 0 Å². The molecule has 0 aliphatic carbocycles. The van der Waals surface area contributed by atoms with Crippen LogP contribution in [0.1, 0.15) is 11.1 Å². The van der Waals surface area contributed by atoms with Gasteiger partial charge in [0.05, 0.1) is 42.7 Å². The van der Waals surface area contributed by atoms with Gasteiger partial charge in [0.1, 0.15) is 5.76 Å². The largest absolute Gasteiger partial charge is 0.508 e. The van der Waals surface area contributed by atoms with E-state index in [4.69, 9.17) is 28.4 Å². The van der Waals surface area contributed by atoms with Gasteiger partial charge in [-0.25, -0.2) is 0 Å². The number of ether oxygens (including phenoxy) is 6. The van der Waals surface area contributed by atoms with Crippen molar-refractivity contribution in [1.29, 1.82) is 0 Å². The number of aliphatic hydroxyl groups is 1. The predicted octanol–water partition coefficient (Wildman–Crippen LogP) is 4.48. The summed E-state index contributed by atoms with van der Waals surface area (Å²) in [5, 5.41) is 10.2. The van der Waals surface area contributed by atoms with Gasteiger partial charge in [0.25, 0.3) is 0 Å². The maximum Gasteiger partial charge on any atom is 0.203 e. The smallest absolute Gasteiger partial charge is 0.203 e. The fraction of sp³-hybridized carbons (Fsp3) is 0.240. The van der Waals surface area contributed by atoms with E-state index in [9.17, 15) is 9.90 Å². The standard InChI is InChI=1S/C25H28O8/c1-28-20-13-9-16(22(30-3)24(20)32-5)7-11-18(26)15-19(27)12-8-17-10-14-21(29-2)25(33-6)23(17)31-4/h7-15,26H,1-6H3/b11-7+,12-8+,18-15+. The van der Waals surface area contributed by atoms with Gasteiger partial charge in [0, 0.05) is 17.2 Å². The Hall–Kier alpha value is -4.07. The quantitative estimate of drug-likeness (QED) is 0.301. The molecule has 33 heavy (non-hydrogen) atoms. The van der Waals surface area contributed by atoms with Crippen LogP contribution in [-0.4, -0.2) is 53.5 Å². The van der Waals surface area contributed by atoms with Gasteiger partial charge in [-0.15, -0.1) is 0 Å². The molecule has 2 aromatic carbocycles. The molecular weight excluding hydrogens is 428 g/mol. The maximum atomic E-state index is 12.3. The Bertz CT molecular complexity index is 1070. The molecule has 0 aromatic heterocycles. The third-order valence-electron chi connectivity index (χ3n) is 4.62. The van der Waals surface area contributed by atoms with E-state index < -0.39 is 5.78 Å². The molecule has 2 aromatic rings. The average molecular weight is 456 g/mol. The molecule has 0 heterocycles. The zero-order valence-electron chi connectivity index (χ0n) is 19.5. The van der Waals surface area contributed by atoms with Crippen LogP contribution in [0, 0.1) is 0 Å². The fourth-order valence-corrected chi connectivity index (χ4v) is 3.10. The Morgan fingerprint density at radius 1 is 0.636 bits per heavy atom. The van der Waals surface area contributed by atoms with Crippen LogP contribution in [0.3, 0.4) is 0 Å². The predicted molar refractivity (Wildman–Crippen MR) is 126 cm³/mol. The van der Waals surface area contributed by atoms with Crippen LogP contribution in [0.15, 0.2) is 48.3 Å². The molecule has 1 N–H and O–H groups in total. The highest BCUT2D eigenvalue weighted by Gasteiger charge is 2.15. The van der Waals surface area contributed by atoms with E-state index in [0.29, 0.717) is 45.6 Å². The van der Waals surface area contributed by atoms with Crippen molar-refractivity contribution in [2.45, 2.75) is 0 Å². The minimum atomic E-state index is -0.423. The van der Waals surface area contributed by atoms with E-state index in [1.807, 2.05) is 0 Å². The van der Waals surface area contributed by atoms with E-state index >= 15 is 0 Å². The highest BCUT2D eigenvalue weighted by atomic mass is 16.5. The Labute approximate surface area is 193 Å². The second kappa shape index (κ2) is 12.1. The number of carbonyl (C=O) groups is 1. The van der Waals surface area contributed by atoms with Gasteiger partial charge in [0.2, 0.25) is 11.5 Å². The van der Waals surface area contributed by atoms with Gasteiger partial charge in [0.15, 0.2) is 28.8 Å². The summed E-state index contributed by atoms with van der Waals surface area (Å²) in [6.07, 6.45) is 6.94.